The molecule has 0 radical (unpaired) electrons. The molecule has 0 bridgehead atoms. The van der Waals surface area contributed by atoms with Crippen LogP contribution in [-0.2, 0) is 6.54 Å². The molecule has 0 aliphatic heterocycles. The van der Waals surface area contributed by atoms with Gasteiger partial charge in [0.05, 0.1) is 25.3 Å². The minimum Gasteiger partial charge on any atom is -0.494 e. The third kappa shape index (κ3) is 5.21. The van der Waals surface area contributed by atoms with E-state index in [0.29, 0.717) is 30.1 Å². The van der Waals surface area contributed by atoms with E-state index >= 15 is 0 Å². The summed E-state index contributed by atoms with van der Waals surface area (Å²) in [5.41, 5.74) is 1.70. The summed E-state index contributed by atoms with van der Waals surface area (Å²) < 4.78 is 11.4. The van der Waals surface area contributed by atoms with Gasteiger partial charge in [0.2, 0.25) is 0 Å². The topological polar surface area (TPSA) is 71.6 Å². The number of fused-ring (bicyclic) bond motifs is 1. The molecule has 1 aliphatic rings. The first-order valence-corrected chi connectivity index (χ1v) is 11.9. The third-order valence-electron chi connectivity index (χ3n) is 6.24. The second-order valence-electron chi connectivity index (χ2n) is 8.46. The second-order valence-corrected chi connectivity index (χ2v) is 8.46. The Morgan fingerprint density at radius 3 is 2.52 bits per heavy atom. The normalized spacial score (nSPS) is 14.2. The van der Waals surface area contributed by atoms with Gasteiger partial charge in [-0.05, 0) is 63.1 Å². The van der Waals surface area contributed by atoms with Crippen LogP contribution in [0.5, 0.6) is 11.5 Å². The lowest BCUT2D eigenvalue weighted by atomic mass is 9.93. The van der Waals surface area contributed by atoms with Crippen LogP contribution in [0, 0.1) is 0 Å². The molecule has 1 N–H and O–H groups in total. The first-order valence-electron chi connectivity index (χ1n) is 11.9. The Balaban J connectivity index is 1.71. The zero-order valence-electron chi connectivity index (χ0n) is 19.4. The van der Waals surface area contributed by atoms with E-state index in [4.69, 9.17) is 9.47 Å². The average molecular weight is 449 g/mol. The molecule has 6 nitrogen and oxygen atoms in total. The second kappa shape index (κ2) is 10.6. The lowest BCUT2D eigenvalue weighted by Crippen LogP contribution is -2.42. The smallest absolute Gasteiger partial charge is 0.258 e. The van der Waals surface area contributed by atoms with E-state index in [2.05, 4.69) is 4.98 Å². The molecular weight excluding hydrogens is 416 g/mol. The number of amides is 1. The number of aromatic nitrogens is 1. The number of carbonyl (C=O) groups is 1. The predicted molar refractivity (Wildman–Crippen MR) is 130 cm³/mol. The van der Waals surface area contributed by atoms with E-state index in [9.17, 15) is 9.59 Å². The van der Waals surface area contributed by atoms with Crippen molar-refractivity contribution in [2.45, 2.75) is 58.5 Å². The highest BCUT2D eigenvalue weighted by molar-refractivity contribution is 5.97. The molecule has 0 saturated heterocycles. The molecule has 4 rings (SSSR count). The van der Waals surface area contributed by atoms with Crippen molar-refractivity contribution < 1.29 is 14.3 Å². The van der Waals surface area contributed by atoms with Crippen LogP contribution in [-0.4, -0.2) is 35.0 Å². The quantitative estimate of drug-likeness (QED) is 0.508. The molecule has 3 aromatic rings. The fraction of sp³-hybridized carbons (Fsp3) is 0.407. The summed E-state index contributed by atoms with van der Waals surface area (Å²) in [7, 11) is 0. The first kappa shape index (κ1) is 22.9. The predicted octanol–water partition coefficient (Wildman–Crippen LogP) is 5.30. The van der Waals surface area contributed by atoms with E-state index in [1.54, 1.807) is 0 Å². The fourth-order valence-electron chi connectivity index (χ4n) is 4.63. The first-order chi connectivity index (χ1) is 16.1. The third-order valence-corrected chi connectivity index (χ3v) is 6.24. The summed E-state index contributed by atoms with van der Waals surface area (Å²) in [6.07, 6.45) is 5.26. The van der Waals surface area contributed by atoms with Crippen molar-refractivity contribution in [1.29, 1.82) is 0 Å². The zero-order valence-corrected chi connectivity index (χ0v) is 19.4. The van der Waals surface area contributed by atoms with Crippen molar-refractivity contribution in [2.75, 3.05) is 13.2 Å². The minimum atomic E-state index is -0.168. The number of para-hydroxylation sites is 1. The van der Waals surface area contributed by atoms with Crippen molar-refractivity contribution in [1.82, 2.24) is 9.88 Å². The van der Waals surface area contributed by atoms with Crippen LogP contribution in [0.4, 0.5) is 0 Å². The summed E-state index contributed by atoms with van der Waals surface area (Å²) in [5, 5.41) is 0.890. The lowest BCUT2D eigenvalue weighted by Gasteiger charge is -2.34. The summed E-state index contributed by atoms with van der Waals surface area (Å²) in [5.74, 6) is 1.25. The van der Waals surface area contributed by atoms with Gasteiger partial charge >= 0.3 is 0 Å². The Morgan fingerprint density at radius 2 is 1.76 bits per heavy atom. The number of nitrogens with zero attached hydrogens (tertiary/aromatic N) is 1. The molecule has 1 heterocycles. The number of hydrogen-bond donors (Lipinski definition) is 1. The van der Waals surface area contributed by atoms with Crippen LogP contribution >= 0.6 is 0 Å². The van der Waals surface area contributed by atoms with Crippen molar-refractivity contribution >= 4 is 16.8 Å². The average Bonchev–Trinajstić information content (AvgIpc) is 2.84. The number of benzene rings is 2. The van der Waals surface area contributed by atoms with Gasteiger partial charge in [0.15, 0.2) is 0 Å². The van der Waals surface area contributed by atoms with Crippen LogP contribution in [0.15, 0.2) is 53.3 Å². The van der Waals surface area contributed by atoms with Crippen molar-refractivity contribution in [2.24, 2.45) is 0 Å². The van der Waals surface area contributed by atoms with E-state index in [-0.39, 0.29) is 24.1 Å². The van der Waals surface area contributed by atoms with Crippen LogP contribution in [0.25, 0.3) is 10.9 Å². The van der Waals surface area contributed by atoms with E-state index in [0.717, 1.165) is 42.3 Å². The fourth-order valence-corrected chi connectivity index (χ4v) is 4.63. The summed E-state index contributed by atoms with van der Waals surface area (Å²) in [4.78, 5) is 31.6. The molecule has 1 aliphatic carbocycles. The van der Waals surface area contributed by atoms with Gasteiger partial charge in [0.25, 0.3) is 11.5 Å². The molecule has 2 aromatic carbocycles. The van der Waals surface area contributed by atoms with Crippen LogP contribution in [0.3, 0.4) is 0 Å². The maximum atomic E-state index is 13.8. The molecule has 6 heteroatoms. The summed E-state index contributed by atoms with van der Waals surface area (Å²) in [6.45, 7) is 5.17. The van der Waals surface area contributed by atoms with Crippen LogP contribution in [0.2, 0.25) is 0 Å². The Bertz CT molecular complexity index is 1160. The molecule has 0 spiro atoms. The number of hydrogen-bond acceptors (Lipinski definition) is 4. The van der Waals surface area contributed by atoms with Gasteiger partial charge in [0.1, 0.15) is 11.5 Å². The maximum Gasteiger partial charge on any atom is 0.258 e. The number of pyridine rings is 1. The molecular formula is C27H32N2O4. The van der Waals surface area contributed by atoms with Crippen molar-refractivity contribution in [3.63, 3.8) is 0 Å². The number of ether oxygens (including phenoxy) is 2. The van der Waals surface area contributed by atoms with Gasteiger partial charge in [-0.2, -0.15) is 0 Å². The Morgan fingerprint density at radius 1 is 1.00 bits per heavy atom. The SMILES string of the molecule is CCOc1ccc2[nH]c(=O)c(CN(C(=O)c3ccccc3OCC)C3CCCCC3)cc2c1. The number of aromatic amines is 1. The lowest BCUT2D eigenvalue weighted by molar-refractivity contribution is 0.0609. The van der Waals surface area contributed by atoms with Gasteiger partial charge in [-0.1, -0.05) is 31.4 Å². The van der Waals surface area contributed by atoms with E-state index < -0.39 is 0 Å². The number of rotatable bonds is 8. The highest BCUT2D eigenvalue weighted by atomic mass is 16.5. The molecule has 1 amide bonds. The monoisotopic (exact) mass is 448 g/mol. The van der Waals surface area contributed by atoms with Gasteiger partial charge in [-0.25, -0.2) is 0 Å². The van der Waals surface area contributed by atoms with Crippen LogP contribution in [0.1, 0.15) is 61.9 Å². The molecule has 0 unspecified atom stereocenters. The van der Waals surface area contributed by atoms with E-state index in [1.807, 2.05) is 67.3 Å². The largest absolute Gasteiger partial charge is 0.494 e. The number of H-pyrrole nitrogens is 1. The molecule has 0 atom stereocenters. The van der Waals surface area contributed by atoms with Crippen LogP contribution < -0.4 is 15.0 Å². The molecule has 1 fully saturated rings. The maximum absolute atomic E-state index is 13.8. The molecule has 1 saturated carbocycles. The van der Waals surface area contributed by atoms with Crippen molar-refractivity contribution in [3.05, 3.63) is 70.0 Å². The zero-order chi connectivity index (χ0) is 23.2. The summed E-state index contributed by atoms with van der Waals surface area (Å²) >= 11 is 0. The highest BCUT2D eigenvalue weighted by Gasteiger charge is 2.29. The Kier molecular flexibility index (Phi) is 7.33. The van der Waals surface area contributed by atoms with Crippen molar-refractivity contribution in [3.8, 4) is 11.5 Å². The minimum absolute atomic E-state index is 0.0893. The van der Waals surface area contributed by atoms with Gasteiger partial charge in [0, 0.05) is 22.5 Å². The molecule has 174 valence electrons. The summed E-state index contributed by atoms with van der Waals surface area (Å²) in [6, 6.07) is 15.0. The Labute approximate surface area is 194 Å². The highest BCUT2D eigenvalue weighted by Crippen LogP contribution is 2.28. The van der Waals surface area contributed by atoms with E-state index in [1.165, 1.54) is 6.42 Å². The van der Waals surface area contributed by atoms with Gasteiger partial charge in [-0.3, -0.25) is 9.59 Å². The molecule has 33 heavy (non-hydrogen) atoms. The van der Waals surface area contributed by atoms with Gasteiger partial charge < -0.3 is 19.4 Å². The molecule has 1 aromatic heterocycles. The standard InChI is InChI=1S/C27H32N2O4/c1-3-32-22-14-15-24-19(17-22)16-20(26(30)28-24)18-29(21-10-6-5-7-11-21)27(31)23-12-8-9-13-25(23)33-4-2/h8-9,12-17,21H,3-7,10-11,18H2,1-2H3,(H,28,30). The Hall–Kier alpha value is -3.28. The van der Waals surface area contributed by atoms with Gasteiger partial charge in [-0.15, -0.1) is 0 Å². The number of nitrogens with one attached hydrogen (secondary N) is 1. The number of carbonyl (C=O) groups excluding carboxylic acids is 1.